The molecule has 2 aromatic carbocycles. The average molecular weight is 551 g/mol. The number of rotatable bonds is 11. The number of sulfone groups is 1. The molecule has 37 heavy (non-hydrogen) atoms. The molecule has 1 atom stereocenters. The molecule has 1 saturated carbocycles. The van der Waals surface area contributed by atoms with E-state index in [0.29, 0.717) is 31.0 Å². The summed E-state index contributed by atoms with van der Waals surface area (Å²) in [7, 11) is -3.44. The van der Waals surface area contributed by atoms with Crippen LogP contribution in [-0.4, -0.2) is 37.1 Å². The number of amides is 1. The van der Waals surface area contributed by atoms with E-state index in [1.165, 1.54) is 24.3 Å². The number of hydrogen-bond acceptors (Lipinski definition) is 8. The van der Waals surface area contributed by atoms with Gasteiger partial charge in [0.2, 0.25) is 6.10 Å². The summed E-state index contributed by atoms with van der Waals surface area (Å²) in [5.41, 5.74) is 0.833. The Balaban J connectivity index is 1.54. The molecule has 3 aromatic rings. The number of aromatic nitrogens is 1. The molecule has 196 valence electrons. The Hall–Kier alpha value is -3.38. The van der Waals surface area contributed by atoms with Gasteiger partial charge in [-0.15, -0.1) is 11.3 Å². The molecule has 12 heteroatoms. The van der Waals surface area contributed by atoms with Crippen molar-refractivity contribution < 1.29 is 36.3 Å². The highest BCUT2D eigenvalue weighted by Gasteiger charge is 2.37. The molecular formula is C25H24F2N2O6S2. The maximum absolute atomic E-state index is 14.3. The summed E-state index contributed by atoms with van der Waals surface area (Å²) < 4.78 is 63.3. The number of carbonyl (C=O) groups excluding carboxylic acids is 2. The van der Waals surface area contributed by atoms with Crippen LogP contribution in [0.2, 0.25) is 0 Å². The fourth-order valence-electron chi connectivity index (χ4n) is 3.49. The minimum absolute atomic E-state index is 0.122. The number of thiazole rings is 1. The van der Waals surface area contributed by atoms with Gasteiger partial charge >= 0.3 is 5.97 Å². The van der Waals surface area contributed by atoms with Crippen molar-refractivity contribution in [2.45, 2.75) is 48.9 Å². The largest absolute Gasteiger partial charge is 0.473 e. The zero-order valence-electron chi connectivity index (χ0n) is 19.8. The quantitative estimate of drug-likeness (QED) is 0.347. The van der Waals surface area contributed by atoms with Crippen molar-refractivity contribution >= 4 is 38.2 Å². The Morgan fingerprint density at radius 1 is 1.16 bits per heavy atom. The molecule has 1 aromatic heterocycles. The lowest BCUT2D eigenvalue weighted by Crippen LogP contribution is -2.26. The van der Waals surface area contributed by atoms with Crippen molar-refractivity contribution in [3.8, 4) is 5.75 Å². The number of ether oxygens (including phenoxy) is 2. The lowest BCUT2D eigenvalue weighted by Gasteiger charge is -2.19. The molecule has 0 saturated heterocycles. The van der Waals surface area contributed by atoms with E-state index >= 15 is 0 Å². The second-order valence-electron chi connectivity index (χ2n) is 8.32. The van der Waals surface area contributed by atoms with Gasteiger partial charge in [0.25, 0.3) is 5.91 Å². The van der Waals surface area contributed by atoms with Gasteiger partial charge < -0.3 is 9.47 Å². The average Bonchev–Trinajstić information content (AvgIpc) is 3.64. The lowest BCUT2D eigenvalue weighted by atomic mass is 10.1. The molecule has 8 nitrogen and oxygen atoms in total. The van der Waals surface area contributed by atoms with Gasteiger partial charge in [-0.2, -0.15) is 0 Å². The molecule has 4 rings (SSSR count). The van der Waals surface area contributed by atoms with Crippen molar-refractivity contribution in [1.82, 2.24) is 4.98 Å². The first-order chi connectivity index (χ1) is 17.7. The lowest BCUT2D eigenvalue weighted by molar-refractivity contribution is -0.143. The number of aryl methyl sites for hydroxylation is 1. The van der Waals surface area contributed by atoms with E-state index < -0.39 is 38.7 Å². The molecule has 1 heterocycles. The highest BCUT2D eigenvalue weighted by atomic mass is 32.2. The smallest absolute Gasteiger partial charge is 0.306 e. The minimum Gasteiger partial charge on any atom is -0.473 e. The van der Waals surface area contributed by atoms with E-state index in [1.807, 2.05) is 0 Å². The van der Waals surface area contributed by atoms with E-state index in [9.17, 15) is 26.8 Å². The highest BCUT2D eigenvalue weighted by molar-refractivity contribution is 7.92. The maximum Gasteiger partial charge on any atom is 0.306 e. The normalized spacial score (nSPS) is 14.1. The fraction of sp³-hybridized carbons (Fsp3) is 0.320. The summed E-state index contributed by atoms with van der Waals surface area (Å²) in [4.78, 5) is 29.2. The van der Waals surface area contributed by atoms with Crippen LogP contribution in [-0.2, 0) is 30.6 Å². The molecule has 1 aliphatic rings. The summed E-state index contributed by atoms with van der Waals surface area (Å²) in [6.45, 7) is 1.99. The number of benzene rings is 2. The van der Waals surface area contributed by atoms with Crippen LogP contribution in [0.5, 0.6) is 5.75 Å². The van der Waals surface area contributed by atoms with Gasteiger partial charge in [-0.1, -0.05) is 12.1 Å². The van der Waals surface area contributed by atoms with Gasteiger partial charge in [-0.05, 0) is 44.0 Å². The standard InChI is InChI=1S/C25H24F2N2O6S2/c1-2-34-22(30)12-6-17-14-36-25(28-17)29-24(31)23(35-21-11-5-16(26)13-20(21)27)15-3-7-18(8-4-15)37(32,33)19-9-10-19/h3-5,7-8,11,13-14,19,23H,2,6,9-10,12H2,1H3,(H,28,29,31). The van der Waals surface area contributed by atoms with E-state index in [2.05, 4.69) is 10.3 Å². The molecule has 1 fully saturated rings. The van der Waals surface area contributed by atoms with Gasteiger partial charge in [-0.25, -0.2) is 22.2 Å². The molecule has 0 spiro atoms. The van der Waals surface area contributed by atoms with Crippen molar-refractivity contribution in [3.05, 3.63) is 70.7 Å². The Bertz CT molecular complexity index is 1390. The van der Waals surface area contributed by atoms with Gasteiger partial charge in [0.1, 0.15) is 5.82 Å². The topological polar surface area (TPSA) is 112 Å². The Kier molecular flexibility index (Phi) is 8.18. The molecular weight excluding hydrogens is 526 g/mol. The Labute approximate surface area is 216 Å². The van der Waals surface area contributed by atoms with Crippen LogP contribution in [0.15, 0.2) is 52.7 Å². The monoisotopic (exact) mass is 550 g/mol. The first kappa shape index (κ1) is 26.7. The van der Waals surface area contributed by atoms with Crippen LogP contribution in [0.1, 0.15) is 43.5 Å². The molecule has 1 aliphatic carbocycles. The third-order valence-corrected chi connectivity index (χ3v) is 8.61. The number of anilines is 1. The fourth-order valence-corrected chi connectivity index (χ4v) is 5.89. The second-order valence-corrected chi connectivity index (χ2v) is 11.4. The van der Waals surface area contributed by atoms with Crippen LogP contribution < -0.4 is 10.1 Å². The van der Waals surface area contributed by atoms with E-state index in [1.54, 1.807) is 12.3 Å². The third-order valence-electron chi connectivity index (χ3n) is 5.52. The minimum atomic E-state index is -3.44. The zero-order chi connectivity index (χ0) is 26.6. The van der Waals surface area contributed by atoms with Crippen LogP contribution in [0.25, 0.3) is 0 Å². The summed E-state index contributed by atoms with van der Waals surface area (Å²) in [6, 6.07) is 8.30. The number of esters is 1. The number of carbonyl (C=O) groups is 2. The molecule has 0 radical (unpaired) electrons. The first-order valence-electron chi connectivity index (χ1n) is 11.5. The van der Waals surface area contributed by atoms with Crippen molar-refractivity contribution in [3.63, 3.8) is 0 Å². The summed E-state index contributed by atoms with van der Waals surface area (Å²) in [5, 5.41) is 4.12. The van der Waals surface area contributed by atoms with E-state index in [-0.39, 0.29) is 40.3 Å². The number of nitrogens with one attached hydrogen (secondary N) is 1. The molecule has 1 unspecified atom stereocenters. The van der Waals surface area contributed by atoms with Crippen LogP contribution in [0.4, 0.5) is 13.9 Å². The van der Waals surface area contributed by atoms with Crippen LogP contribution in [0.3, 0.4) is 0 Å². The molecule has 0 bridgehead atoms. The Morgan fingerprint density at radius 2 is 1.89 bits per heavy atom. The molecule has 1 N–H and O–H groups in total. The van der Waals surface area contributed by atoms with Gasteiger partial charge in [0.05, 0.1) is 28.9 Å². The van der Waals surface area contributed by atoms with Crippen LogP contribution >= 0.6 is 11.3 Å². The second kappa shape index (κ2) is 11.3. The summed E-state index contributed by atoms with van der Waals surface area (Å²) >= 11 is 1.13. The van der Waals surface area contributed by atoms with Gasteiger partial charge in [0.15, 0.2) is 26.5 Å². The summed E-state index contributed by atoms with van der Waals surface area (Å²) in [5.74, 6) is -3.22. The van der Waals surface area contributed by atoms with Crippen LogP contribution in [0, 0.1) is 11.6 Å². The Morgan fingerprint density at radius 3 is 2.54 bits per heavy atom. The van der Waals surface area contributed by atoms with Gasteiger partial charge in [0, 0.05) is 23.4 Å². The highest BCUT2D eigenvalue weighted by Crippen LogP contribution is 2.34. The number of halogens is 2. The zero-order valence-corrected chi connectivity index (χ0v) is 21.4. The molecule has 0 aliphatic heterocycles. The molecule has 1 amide bonds. The summed E-state index contributed by atoms with van der Waals surface area (Å²) in [6.07, 6.45) is 0.277. The van der Waals surface area contributed by atoms with Crippen molar-refractivity contribution in [2.75, 3.05) is 11.9 Å². The van der Waals surface area contributed by atoms with Crippen molar-refractivity contribution in [1.29, 1.82) is 0 Å². The van der Waals surface area contributed by atoms with E-state index in [0.717, 1.165) is 23.5 Å². The maximum atomic E-state index is 14.3. The SMILES string of the molecule is CCOC(=O)CCc1csc(NC(=O)C(Oc2ccc(F)cc2F)c2ccc(S(=O)(=O)C3CC3)cc2)n1. The van der Waals surface area contributed by atoms with E-state index in [4.69, 9.17) is 9.47 Å². The predicted molar refractivity (Wildman–Crippen MR) is 132 cm³/mol. The number of hydrogen-bond donors (Lipinski definition) is 1. The first-order valence-corrected chi connectivity index (χ1v) is 14.0. The predicted octanol–water partition coefficient (Wildman–Crippen LogP) is 4.61. The van der Waals surface area contributed by atoms with Gasteiger partial charge in [-0.3, -0.25) is 14.9 Å². The number of nitrogens with zero attached hydrogens (tertiary/aromatic N) is 1. The third kappa shape index (κ3) is 6.69. The van der Waals surface area contributed by atoms with Crippen molar-refractivity contribution in [2.24, 2.45) is 0 Å².